The highest BCUT2D eigenvalue weighted by Gasteiger charge is 2.13. The van der Waals surface area contributed by atoms with Crippen LogP contribution in [-0.4, -0.2) is 17.5 Å². The molecule has 0 saturated heterocycles. The molecular formula is C19H21N3O2. The molecule has 0 radical (unpaired) electrons. The summed E-state index contributed by atoms with van der Waals surface area (Å²) < 4.78 is 5.61. The van der Waals surface area contributed by atoms with Gasteiger partial charge in [-0.05, 0) is 44.0 Å². The van der Waals surface area contributed by atoms with Gasteiger partial charge >= 0.3 is 0 Å². The third-order valence-corrected chi connectivity index (χ3v) is 3.57. The third-order valence-electron chi connectivity index (χ3n) is 3.57. The molecule has 0 aliphatic heterocycles. The van der Waals surface area contributed by atoms with Crippen LogP contribution < -0.4 is 15.8 Å². The lowest BCUT2D eigenvalue weighted by Gasteiger charge is -2.11. The minimum absolute atomic E-state index is 0.220. The molecule has 5 heteroatoms. The molecule has 0 aliphatic rings. The van der Waals surface area contributed by atoms with Crippen molar-refractivity contribution in [2.24, 2.45) is 0 Å². The first-order valence-corrected chi connectivity index (χ1v) is 7.72. The average molecular weight is 323 g/mol. The van der Waals surface area contributed by atoms with Crippen LogP contribution in [0.15, 0.2) is 30.3 Å². The number of rotatable bonds is 6. The van der Waals surface area contributed by atoms with E-state index >= 15 is 0 Å². The Morgan fingerprint density at radius 1 is 1.38 bits per heavy atom. The predicted molar refractivity (Wildman–Crippen MR) is 96.1 cm³/mol. The van der Waals surface area contributed by atoms with E-state index in [1.54, 1.807) is 18.2 Å². The first-order chi connectivity index (χ1) is 11.5. The number of hydrogen-bond donors (Lipinski definition) is 2. The van der Waals surface area contributed by atoms with Crippen molar-refractivity contribution in [1.82, 2.24) is 4.98 Å². The lowest BCUT2D eigenvalue weighted by Crippen LogP contribution is -2.16. The molecule has 1 aromatic heterocycles. The van der Waals surface area contributed by atoms with E-state index in [0.29, 0.717) is 30.0 Å². The number of carbonyl (C=O) groups is 1. The Bertz CT molecular complexity index is 779. The van der Waals surface area contributed by atoms with Gasteiger partial charge in [0.1, 0.15) is 11.6 Å². The fraction of sp³-hybridized carbons (Fsp3) is 0.263. The fourth-order valence-corrected chi connectivity index (χ4v) is 2.13. The number of unbranched alkanes of at least 4 members (excludes halogenated alkanes) is 1. The van der Waals surface area contributed by atoms with E-state index in [9.17, 15) is 4.79 Å². The van der Waals surface area contributed by atoms with Gasteiger partial charge in [-0.15, -0.1) is 12.3 Å². The molecule has 0 spiro atoms. The maximum absolute atomic E-state index is 12.4. The number of carbonyl (C=O) groups excluding carboxylic acids is 1. The summed E-state index contributed by atoms with van der Waals surface area (Å²) in [6.07, 6.45) is 6.67. The van der Waals surface area contributed by atoms with Gasteiger partial charge in [0.05, 0.1) is 12.2 Å². The number of ether oxygens (including phenoxy) is 1. The number of pyridine rings is 1. The van der Waals surface area contributed by atoms with Crippen molar-refractivity contribution in [3.8, 4) is 18.1 Å². The molecule has 0 unspecified atom stereocenters. The summed E-state index contributed by atoms with van der Waals surface area (Å²) >= 11 is 0. The van der Waals surface area contributed by atoms with Crippen molar-refractivity contribution in [2.45, 2.75) is 26.7 Å². The normalized spacial score (nSPS) is 10.0. The Morgan fingerprint density at radius 3 is 2.92 bits per heavy atom. The summed E-state index contributed by atoms with van der Waals surface area (Å²) in [5.74, 6) is 3.17. The van der Waals surface area contributed by atoms with Gasteiger partial charge in [-0.2, -0.15) is 0 Å². The molecule has 1 aromatic carbocycles. The monoisotopic (exact) mass is 323 g/mol. The van der Waals surface area contributed by atoms with Crippen LogP contribution in [0.25, 0.3) is 0 Å². The van der Waals surface area contributed by atoms with E-state index in [1.165, 1.54) is 0 Å². The van der Waals surface area contributed by atoms with Crippen LogP contribution >= 0.6 is 0 Å². The highest BCUT2D eigenvalue weighted by atomic mass is 16.5. The molecule has 2 aromatic rings. The lowest BCUT2D eigenvalue weighted by atomic mass is 10.1. The standard InChI is InChI=1S/C19H21N3O2/c1-4-5-6-10-24-16-9-7-8-15(12-16)22-19(23)17-11-13(2)14(3)21-18(17)20/h1,7-9,11-12H,5-6,10H2,2-3H3,(H2,20,21)(H,22,23). The molecule has 5 nitrogen and oxygen atoms in total. The number of nitrogen functional groups attached to an aromatic ring is 1. The van der Waals surface area contributed by atoms with Crippen LogP contribution in [0.5, 0.6) is 5.75 Å². The molecule has 1 amide bonds. The second-order valence-electron chi connectivity index (χ2n) is 5.46. The van der Waals surface area contributed by atoms with Crippen LogP contribution in [0.3, 0.4) is 0 Å². The summed E-state index contributed by atoms with van der Waals surface area (Å²) in [5, 5.41) is 2.82. The maximum Gasteiger partial charge on any atom is 0.259 e. The summed E-state index contributed by atoms with van der Waals surface area (Å²) in [6, 6.07) is 8.94. The molecular weight excluding hydrogens is 302 g/mol. The van der Waals surface area contributed by atoms with Crippen LogP contribution in [0.2, 0.25) is 0 Å². The second kappa shape index (κ2) is 8.02. The smallest absolute Gasteiger partial charge is 0.259 e. The average Bonchev–Trinajstić information content (AvgIpc) is 2.55. The van der Waals surface area contributed by atoms with Crippen LogP contribution in [-0.2, 0) is 0 Å². The van der Waals surface area contributed by atoms with Crippen molar-refractivity contribution < 1.29 is 9.53 Å². The predicted octanol–water partition coefficient (Wildman–Crippen LogP) is 3.33. The molecule has 0 atom stereocenters. The topological polar surface area (TPSA) is 77.2 Å². The van der Waals surface area contributed by atoms with Crippen molar-refractivity contribution in [3.05, 3.63) is 47.2 Å². The van der Waals surface area contributed by atoms with Crippen molar-refractivity contribution in [3.63, 3.8) is 0 Å². The van der Waals surface area contributed by atoms with E-state index in [-0.39, 0.29) is 11.7 Å². The first-order valence-electron chi connectivity index (χ1n) is 7.72. The number of amides is 1. The lowest BCUT2D eigenvalue weighted by molar-refractivity contribution is 0.102. The number of nitrogens with zero attached hydrogens (tertiary/aromatic N) is 1. The molecule has 0 bridgehead atoms. The van der Waals surface area contributed by atoms with Crippen LogP contribution in [0.1, 0.15) is 34.5 Å². The van der Waals surface area contributed by atoms with E-state index in [2.05, 4.69) is 16.2 Å². The van der Waals surface area contributed by atoms with Gasteiger partial charge in [-0.3, -0.25) is 4.79 Å². The number of nitrogens with one attached hydrogen (secondary N) is 1. The number of terminal acetylenes is 1. The van der Waals surface area contributed by atoms with Crippen LogP contribution in [0.4, 0.5) is 11.5 Å². The Morgan fingerprint density at radius 2 is 2.17 bits per heavy atom. The number of aromatic nitrogens is 1. The molecule has 3 N–H and O–H groups in total. The summed E-state index contributed by atoms with van der Waals surface area (Å²) in [4.78, 5) is 16.6. The SMILES string of the molecule is C#CCCCOc1cccc(NC(=O)c2cc(C)c(C)nc2N)c1. The van der Waals surface area contributed by atoms with Crippen molar-refractivity contribution >= 4 is 17.4 Å². The summed E-state index contributed by atoms with van der Waals surface area (Å²) in [7, 11) is 0. The summed E-state index contributed by atoms with van der Waals surface area (Å²) in [5.41, 5.74) is 8.58. The number of hydrogen-bond acceptors (Lipinski definition) is 4. The summed E-state index contributed by atoms with van der Waals surface area (Å²) in [6.45, 7) is 4.28. The Hall–Kier alpha value is -3.00. The number of aryl methyl sites for hydroxylation is 2. The van der Waals surface area contributed by atoms with Crippen LogP contribution in [0, 0.1) is 26.2 Å². The minimum Gasteiger partial charge on any atom is -0.493 e. The zero-order valence-corrected chi connectivity index (χ0v) is 13.9. The Balaban J connectivity index is 2.07. The molecule has 2 rings (SSSR count). The highest BCUT2D eigenvalue weighted by molar-refractivity contribution is 6.07. The zero-order valence-electron chi connectivity index (χ0n) is 13.9. The number of nitrogens with two attached hydrogens (primary N) is 1. The quantitative estimate of drug-likeness (QED) is 0.631. The minimum atomic E-state index is -0.299. The van der Waals surface area contributed by atoms with Gasteiger partial charge in [0.2, 0.25) is 0 Å². The second-order valence-corrected chi connectivity index (χ2v) is 5.46. The highest BCUT2D eigenvalue weighted by Crippen LogP contribution is 2.20. The van der Waals surface area contributed by atoms with Gasteiger partial charge < -0.3 is 15.8 Å². The van der Waals surface area contributed by atoms with E-state index in [1.807, 2.05) is 26.0 Å². The zero-order chi connectivity index (χ0) is 17.5. The fourth-order valence-electron chi connectivity index (χ4n) is 2.13. The van der Waals surface area contributed by atoms with Gasteiger partial charge in [0.25, 0.3) is 5.91 Å². The Kier molecular flexibility index (Phi) is 5.80. The van der Waals surface area contributed by atoms with Gasteiger partial charge in [0.15, 0.2) is 0 Å². The van der Waals surface area contributed by atoms with E-state index in [0.717, 1.165) is 17.7 Å². The molecule has 0 aliphatic carbocycles. The maximum atomic E-state index is 12.4. The van der Waals surface area contributed by atoms with Crippen molar-refractivity contribution in [1.29, 1.82) is 0 Å². The van der Waals surface area contributed by atoms with Gasteiger partial charge in [-0.25, -0.2) is 4.98 Å². The number of anilines is 2. The number of benzene rings is 1. The molecule has 0 saturated carbocycles. The molecule has 1 heterocycles. The molecule has 24 heavy (non-hydrogen) atoms. The molecule has 0 fully saturated rings. The largest absolute Gasteiger partial charge is 0.493 e. The van der Waals surface area contributed by atoms with E-state index in [4.69, 9.17) is 16.9 Å². The third kappa shape index (κ3) is 4.50. The molecule has 124 valence electrons. The van der Waals surface area contributed by atoms with Gasteiger partial charge in [0, 0.05) is 23.9 Å². The van der Waals surface area contributed by atoms with E-state index < -0.39 is 0 Å². The Labute approximate surface area is 142 Å². The van der Waals surface area contributed by atoms with Gasteiger partial charge in [-0.1, -0.05) is 6.07 Å². The first kappa shape index (κ1) is 17.4. The van der Waals surface area contributed by atoms with Crippen molar-refractivity contribution in [2.75, 3.05) is 17.7 Å².